The second-order valence-corrected chi connectivity index (χ2v) is 7.58. The molecule has 3 unspecified atom stereocenters. The molecule has 0 radical (unpaired) electrons. The molecule has 0 aliphatic heterocycles. The molecule has 1 aliphatic rings. The molecule has 1 saturated carbocycles. The number of hydrogen-bond acceptors (Lipinski definition) is 3. The Hall–Kier alpha value is -1.94. The maximum absolute atomic E-state index is 12.7. The van der Waals surface area contributed by atoms with Crippen molar-refractivity contribution in [1.29, 1.82) is 0 Å². The Morgan fingerprint density at radius 2 is 1.57 bits per heavy atom. The average Bonchev–Trinajstić information content (AvgIpc) is 3.24. The Kier molecular flexibility index (Phi) is 3.41. The molecule has 0 heterocycles. The van der Waals surface area contributed by atoms with Gasteiger partial charge >= 0.3 is 0 Å². The van der Waals surface area contributed by atoms with Crippen LogP contribution in [0.3, 0.4) is 0 Å². The Morgan fingerprint density at radius 1 is 0.952 bits per heavy atom. The molecule has 0 spiro atoms. The van der Waals surface area contributed by atoms with Crippen LogP contribution in [-0.4, -0.2) is 20.0 Å². The first-order chi connectivity index (χ1) is 10.1. The smallest absolute Gasteiger partial charge is 0.182 e. The summed E-state index contributed by atoms with van der Waals surface area (Å²) in [6, 6.07) is 16.1. The van der Waals surface area contributed by atoms with Gasteiger partial charge in [0.2, 0.25) is 0 Å². The van der Waals surface area contributed by atoms with Gasteiger partial charge in [0.25, 0.3) is 0 Å². The van der Waals surface area contributed by atoms with E-state index in [-0.39, 0.29) is 10.8 Å². The van der Waals surface area contributed by atoms with E-state index in [9.17, 15) is 13.2 Å². The van der Waals surface area contributed by atoms with Gasteiger partial charge in [-0.15, -0.1) is 0 Å². The fourth-order valence-electron chi connectivity index (χ4n) is 2.84. The fourth-order valence-corrected chi connectivity index (χ4v) is 4.97. The predicted molar refractivity (Wildman–Crippen MR) is 80.9 cm³/mol. The minimum absolute atomic E-state index is 0.228. The molecule has 4 heteroatoms. The third-order valence-electron chi connectivity index (χ3n) is 4.06. The number of carbonyl (C=O) groups excluding carboxylic acids is 1. The molecule has 21 heavy (non-hydrogen) atoms. The summed E-state index contributed by atoms with van der Waals surface area (Å²) in [6.07, 6.45) is 0.773. The summed E-state index contributed by atoms with van der Waals surface area (Å²) in [5.74, 6) is -0.675. The largest absolute Gasteiger partial charge is 0.303 e. The summed E-state index contributed by atoms with van der Waals surface area (Å²) in [5, 5.41) is -0.639. The van der Waals surface area contributed by atoms with Gasteiger partial charge in [-0.3, -0.25) is 0 Å². The van der Waals surface area contributed by atoms with E-state index in [1.807, 2.05) is 31.2 Å². The Labute approximate surface area is 124 Å². The maximum Gasteiger partial charge on any atom is 0.182 e. The highest BCUT2D eigenvalue weighted by Crippen LogP contribution is 2.52. The molecule has 2 aromatic carbocycles. The number of aldehydes is 1. The first-order valence-corrected chi connectivity index (χ1v) is 8.41. The van der Waals surface area contributed by atoms with E-state index >= 15 is 0 Å². The second-order valence-electron chi connectivity index (χ2n) is 5.47. The maximum atomic E-state index is 12.7. The minimum Gasteiger partial charge on any atom is -0.303 e. The molecule has 2 aromatic rings. The van der Waals surface area contributed by atoms with Crippen molar-refractivity contribution < 1.29 is 13.2 Å². The molecule has 1 fully saturated rings. The number of aryl methyl sites for hydroxylation is 1. The lowest BCUT2D eigenvalue weighted by molar-refractivity contribution is -0.108. The zero-order chi connectivity index (χ0) is 15.0. The highest BCUT2D eigenvalue weighted by molar-refractivity contribution is 7.92. The summed E-state index contributed by atoms with van der Waals surface area (Å²) in [4.78, 5) is 11.5. The minimum atomic E-state index is -3.47. The van der Waals surface area contributed by atoms with E-state index in [2.05, 4.69) is 0 Å². The van der Waals surface area contributed by atoms with Crippen LogP contribution in [0.1, 0.15) is 17.0 Å². The summed E-state index contributed by atoms with van der Waals surface area (Å²) in [7, 11) is -3.47. The Morgan fingerprint density at radius 3 is 2.14 bits per heavy atom. The number of sulfone groups is 1. The number of carbonyl (C=O) groups is 1. The molecule has 0 bridgehead atoms. The Balaban J connectivity index is 1.96. The molecule has 108 valence electrons. The van der Waals surface area contributed by atoms with E-state index in [0.29, 0.717) is 0 Å². The van der Waals surface area contributed by atoms with Gasteiger partial charge in [0, 0.05) is 11.8 Å². The van der Waals surface area contributed by atoms with Gasteiger partial charge in [-0.05, 0) is 24.6 Å². The quantitative estimate of drug-likeness (QED) is 0.816. The van der Waals surface area contributed by atoms with Crippen molar-refractivity contribution in [3.05, 3.63) is 65.7 Å². The molecular formula is C17H16O3S. The van der Waals surface area contributed by atoms with E-state index in [1.165, 1.54) is 0 Å². The molecule has 3 rings (SSSR count). The van der Waals surface area contributed by atoms with Crippen LogP contribution < -0.4 is 0 Å². The molecule has 0 aromatic heterocycles. The third kappa shape index (κ3) is 2.40. The highest BCUT2D eigenvalue weighted by Gasteiger charge is 2.58. The van der Waals surface area contributed by atoms with Crippen LogP contribution in [0.2, 0.25) is 0 Å². The number of rotatable bonds is 4. The normalized spacial score (nSPS) is 24.5. The first-order valence-electron chi connectivity index (χ1n) is 6.86. The molecular weight excluding hydrogens is 284 g/mol. The van der Waals surface area contributed by atoms with Crippen molar-refractivity contribution in [1.82, 2.24) is 0 Å². The van der Waals surface area contributed by atoms with E-state index in [0.717, 1.165) is 17.4 Å². The monoisotopic (exact) mass is 300 g/mol. The fraction of sp³-hybridized carbons (Fsp3) is 0.235. The van der Waals surface area contributed by atoms with Crippen molar-refractivity contribution in [2.45, 2.75) is 23.0 Å². The molecule has 3 atom stereocenters. The van der Waals surface area contributed by atoms with E-state index in [1.54, 1.807) is 30.3 Å². The zero-order valence-electron chi connectivity index (χ0n) is 11.6. The van der Waals surface area contributed by atoms with Crippen molar-refractivity contribution in [2.24, 2.45) is 5.92 Å². The van der Waals surface area contributed by atoms with Crippen LogP contribution in [-0.2, 0) is 14.6 Å². The average molecular weight is 300 g/mol. The van der Waals surface area contributed by atoms with Crippen LogP contribution in [0.4, 0.5) is 0 Å². The van der Waals surface area contributed by atoms with Gasteiger partial charge in [0.15, 0.2) is 9.84 Å². The van der Waals surface area contributed by atoms with Crippen LogP contribution >= 0.6 is 0 Å². The third-order valence-corrected chi connectivity index (χ3v) is 6.31. The lowest BCUT2D eigenvalue weighted by Gasteiger charge is -2.04. The molecule has 3 nitrogen and oxygen atoms in total. The van der Waals surface area contributed by atoms with Gasteiger partial charge in [0.05, 0.1) is 10.1 Å². The predicted octanol–water partition coefficient (Wildman–Crippen LogP) is 2.75. The molecule has 1 aliphatic carbocycles. The number of hydrogen-bond donors (Lipinski definition) is 0. The Bertz CT molecular complexity index is 748. The van der Waals surface area contributed by atoms with E-state index < -0.39 is 21.0 Å². The second kappa shape index (κ2) is 5.11. The van der Waals surface area contributed by atoms with Crippen LogP contribution in [0.15, 0.2) is 59.5 Å². The van der Waals surface area contributed by atoms with Gasteiger partial charge in [-0.1, -0.05) is 48.0 Å². The van der Waals surface area contributed by atoms with Crippen LogP contribution in [0.25, 0.3) is 0 Å². The first kappa shape index (κ1) is 14.0. The lowest BCUT2D eigenvalue weighted by Crippen LogP contribution is -2.10. The van der Waals surface area contributed by atoms with Gasteiger partial charge in [-0.2, -0.15) is 0 Å². The summed E-state index contributed by atoms with van der Waals surface area (Å²) in [6.45, 7) is 1.98. The zero-order valence-corrected chi connectivity index (χ0v) is 12.5. The number of benzene rings is 2. The summed E-state index contributed by atoms with van der Waals surface area (Å²) < 4.78 is 25.3. The van der Waals surface area contributed by atoms with Crippen LogP contribution in [0, 0.1) is 12.8 Å². The molecule has 0 N–H and O–H groups in total. The lowest BCUT2D eigenvalue weighted by atomic mass is 10.1. The molecule has 0 saturated heterocycles. The van der Waals surface area contributed by atoms with E-state index in [4.69, 9.17) is 0 Å². The van der Waals surface area contributed by atoms with Gasteiger partial charge < -0.3 is 4.79 Å². The molecule has 0 amide bonds. The SMILES string of the molecule is Cc1ccc(C2C(C=O)C2S(=O)(=O)c2ccccc2)cc1. The van der Waals surface area contributed by atoms with Gasteiger partial charge in [0.1, 0.15) is 6.29 Å². The van der Waals surface area contributed by atoms with Crippen LogP contribution in [0.5, 0.6) is 0 Å². The van der Waals surface area contributed by atoms with Crippen molar-refractivity contribution in [3.8, 4) is 0 Å². The van der Waals surface area contributed by atoms with Crippen molar-refractivity contribution in [3.63, 3.8) is 0 Å². The highest BCUT2D eigenvalue weighted by atomic mass is 32.2. The summed E-state index contributed by atoms with van der Waals surface area (Å²) >= 11 is 0. The van der Waals surface area contributed by atoms with Crippen molar-refractivity contribution >= 4 is 16.1 Å². The van der Waals surface area contributed by atoms with Gasteiger partial charge in [-0.25, -0.2) is 8.42 Å². The summed E-state index contributed by atoms with van der Waals surface area (Å²) in [5.41, 5.74) is 2.03. The standard InChI is InChI=1S/C17H16O3S/c1-12-7-9-13(10-8-12)16-15(11-18)17(16)21(19,20)14-5-3-2-4-6-14/h2-11,15-17H,1H3. The topological polar surface area (TPSA) is 51.2 Å². The van der Waals surface area contributed by atoms with Crippen molar-refractivity contribution in [2.75, 3.05) is 0 Å².